The van der Waals surface area contributed by atoms with Gasteiger partial charge in [0.05, 0.1) is 34.4 Å². The summed E-state index contributed by atoms with van der Waals surface area (Å²) in [4.78, 5) is 25.1. The largest absolute Gasteiger partial charge is 0.378 e. The summed E-state index contributed by atoms with van der Waals surface area (Å²) in [7, 11) is 0. The summed E-state index contributed by atoms with van der Waals surface area (Å²) < 4.78 is 18.9. The molecule has 1 amide bonds. The highest BCUT2D eigenvalue weighted by molar-refractivity contribution is 6.30. The van der Waals surface area contributed by atoms with Crippen LogP contribution in [0.4, 0.5) is 21.5 Å². The second-order valence-electron chi connectivity index (χ2n) is 5.64. The van der Waals surface area contributed by atoms with Crippen LogP contribution in [0.5, 0.6) is 0 Å². The van der Waals surface area contributed by atoms with Crippen molar-refractivity contribution in [2.45, 2.75) is 0 Å². The number of rotatable bonds is 4. The molecule has 9 heteroatoms. The number of halogens is 2. The van der Waals surface area contributed by atoms with Gasteiger partial charge in [-0.2, -0.15) is 0 Å². The Bertz CT molecular complexity index is 856. The third-order valence-electron chi connectivity index (χ3n) is 3.96. The van der Waals surface area contributed by atoms with Crippen molar-refractivity contribution in [3.63, 3.8) is 0 Å². The number of nitrogens with zero attached hydrogens (tertiary/aromatic N) is 2. The van der Waals surface area contributed by atoms with Crippen molar-refractivity contribution in [3.05, 3.63) is 62.9 Å². The average Bonchev–Trinajstić information content (AvgIpc) is 2.65. The number of morpholine rings is 1. The van der Waals surface area contributed by atoms with Crippen molar-refractivity contribution < 1.29 is 18.8 Å². The Labute approximate surface area is 153 Å². The standard InChI is InChI=1S/C17H15ClFN3O4/c18-14-3-1-11(9-15(14)19)20-17(23)13-10-12(22(24)25)2-4-16(13)21-5-7-26-8-6-21/h1-4,9-10H,5-8H2,(H,20,23). The number of nitro groups is 1. The quantitative estimate of drug-likeness (QED) is 0.649. The lowest BCUT2D eigenvalue weighted by molar-refractivity contribution is -0.384. The first-order chi connectivity index (χ1) is 12.5. The fraction of sp³-hybridized carbons (Fsp3) is 0.235. The van der Waals surface area contributed by atoms with E-state index in [-0.39, 0.29) is 22.0 Å². The van der Waals surface area contributed by atoms with E-state index in [0.29, 0.717) is 32.0 Å². The Morgan fingerprint density at radius 2 is 1.96 bits per heavy atom. The fourth-order valence-electron chi connectivity index (χ4n) is 2.67. The normalized spacial score (nSPS) is 14.2. The first kappa shape index (κ1) is 18.1. The van der Waals surface area contributed by atoms with Crippen LogP contribution >= 0.6 is 11.6 Å². The Morgan fingerprint density at radius 3 is 2.62 bits per heavy atom. The lowest BCUT2D eigenvalue weighted by atomic mass is 10.1. The van der Waals surface area contributed by atoms with Gasteiger partial charge in [0.1, 0.15) is 5.82 Å². The van der Waals surface area contributed by atoms with Crippen LogP contribution < -0.4 is 10.2 Å². The van der Waals surface area contributed by atoms with Gasteiger partial charge in [0.25, 0.3) is 11.6 Å². The summed E-state index contributed by atoms with van der Waals surface area (Å²) in [5.74, 6) is -1.24. The summed E-state index contributed by atoms with van der Waals surface area (Å²) in [5.41, 5.74) is 0.702. The first-order valence-corrected chi connectivity index (χ1v) is 8.21. The molecule has 0 spiro atoms. The highest BCUT2D eigenvalue weighted by Crippen LogP contribution is 2.28. The highest BCUT2D eigenvalue weighted by atomic mass is 35.5. The van der Waals surface area contributed by atoms with Gasteiger partial charge in [0.15, 0.2) is 0 Å². The molecule has 3 rings (SSSR count). The maximum absolute atomic E-state index is 13.6. The molecular weight excluding hydrogens is 365 g/mol. The molecule has 0 unspecified atom stereocenters. The summed E-state index contributed by atoms with van der Waals surface area (Å²) in [5, 5.41) is 13.6. The summed E-state index contributed by atoms with van der Waals surface area (Å²) in [6.07, 6.45) is 0. The predicted molar refractivity (Wildman–Crippen MR) is 95.5 cm³/mol. The van der Waals surface area contributed by atoms with Crippen LogP contribution in [0.1, 0.15) is 10.4 Å². The molecule has 0 atom stereocenters. The molecule has 0 aliphatic carbocycles. The van der Waals surface area contributed by atoms with Gasteiger partial charge in [-0.25, -0.2) is 4.39 Å². The zero-order chi connectivity index (χ0) is 18.7. The van der Waals surface area contributed by atoms with Crippen LogP contribution in [0.3, 0.4) is 0 Å². The van der Waals surface area contributed by atoms with Gasteiger partial charge in [-0.05, 0) is 24.3 Å². The van der Waals surface area contributed by atoms with Crippen LogP contribution in [0.2, 0.25) is 5.02 Å². The number of hydrogen-bond donors (Lipinski definition) is 1. The fourth-order valence-corrected chi connectivity index (χ4v) is 2.79. The predicted octanol–water partition coefficient (Wildman–Crippen LogP) is 3.48. The van der Waals surface area contributed by atoms with Gasteiger partial charge in [0.2, 0.25) is 0 Å². The number of carbonyl (C=O) groups is 1. The van der Waals surface area contributed by atoms with Crippen LogP contribution in [-0.4, -0.2) is 37.1 Å². The van der Waals surface area contributed by atoms with Crippen molar-refractivity contribution >= 4 is 34.6 Å². The van der Waals surface area contributed by atoms with Crippen molar-refractivity contribution in [3.8, 4) is 0 Å². The third kappa shape index (κ3) is 3.92. The minimum Gasteiger partial charge on any atom is -0.378 e. The zero-order valence-electron chi connectivity index (χ0n) is 13.6. The molecule has 0 saturated carbocycles. The molecule has 136 valence electrons. The Hall–Kier alpha value is -2.71. The van der Waals surface area contributed by atoms with Crippen molar-refractivity contribution in [2.24, 2.45) is 0 Å². The molecule has 2 aromatic carbocycles. The second-order valence-corrected chi connectivity index (χ2v) is 6.05. The Morgan fingerprint density at radius 1 is 1.23 bits per heavy atom. The van der Waals surface area contributed by atoms with E-state index >= 15 is 0 Å². The van der Waals surface area contributed by atoms with Crippen molar-refractivity contribution in [1.82, 2.24) is 0 Å². The topological polar surface area (TPSA) is 84.7 Å². The van der Waals surface area contributed by atoms with Crippen LogP contribution in [0.15, 0.2) is 36.4 Å². The van der Waals surface area contributed by atoms with E-state index in [1.54, 1.807) is 6.07 Å². The molecule has 1 fully saturated rings. The Balaban J connectivity index is 1.94. The number of hydrogen-bond acceptors (Lipinski definition) is 5. The van der Waals surface area contributed by atoms with E-state index < -0.39 is 16.6 Å². The average molecular weight is 380 g/mol. The van der Waals surface area contributed by atoms with E-state index in [0.717, 1.165) is 6.07 Å². The summed E-state index contributed by atoms with van der Waals surface area (Å²) in [6.45, 7) is 2.13. The number of nitro benzene ring substituents is 1. The minimum atomic E-state index is -0.670. The van der Waals surface area contributed by atoms with Crippen LogP contribution in [0, 0.1) is 15.9 Å². The molecule has 1 saturated heterocycles. The van der Waals surface area contributed by atoms with Gasteiger partial charge in [-0.15, -0.1) is 0 Å². The van der Waals surface area contributed by atoms with E-state index in [9.17, 15) is 19.3 Å². The second kappa shape index (κ2) is 7.67. The maximum atomic E-state index is 13.6. The molecule has 0 bridgehead atoms. The summed E-state index contributed by atoms with van der Waals surface area (Å²) >= 11 is 5.64. The molecular formula is C17H15ClFN3O4. The number of amides is 1. The first-order valence-electron chi connectivity index (χ1n) is 7.83. The number of ether oxygens (including phenoxy) is 1. The Kier molecular flexibility index (Phi) is 5.34. The molecule has 0 radical (unpaired) electrons. The van der Waals surface area contributed by atoms with E-state index in [1.165, 1.54) is 24.3 Å². The molecule has 2 aromatic rings. The molecule has 1 aliphatic heterocycles. The zero-order valence-corrected chi connectivity index (χ0v) is 14.3. The molecule has 1 heterocycles. The molecule has 7 nitrogen and oxygen atoms in total. The number of carbonyl (C=O) groups excluding carboxylic acids is 1. The van der Waals surface area contributed by atoms with Gasteiger partial charge in [-0.3, -0.25) is 14.9 Å². The monoisotopic (exact) mass is 379 g/mol. The van der Waals surface area contributed by atoms with Crippen molar-refractivity contribution in [2.75, 3.05) is 36.5 Å². The minimum absolute atomic E-state index is 0.0626. The van der Waals surface area contributed by atoms with E-state index in [4.69, 9.17) is 16.3 Å². The summed E-state index contributed by atoms with van der Waals surface area (Å²) in [6, 6.07) is 7.97. The molecule has 0 aromatic heterocycles. The number of anilines is 2. The van der Waals surface area contributed by atoms with Gasteiger partial charge in [-0.1, -0.05) is 11.6 Å². The molecule has 26 heavy (non-hydrogen) atoms. The molecule has 1 aliphatic rings. The maximum Gasteiger partial charge on any atom is 0.270 e. The van der Waals surface area contributed by atoms with Crippen LogP contribution in [0.25, 0.3) is 0 Å². The number of benzene rings is 2. The number of nitrogens with one attached hydrogen (secondary N) is 1. The highest BCUT2D eigenvalue weighted by Gasteiger charge is 2.22. The van der Waals surface area contributed by atoms with Gasteiger partial charge >= 0.3 is 0 Å². The van der Waals surface area contributed by atoms with E-state index in [2.05, 4.69) is 5.32 Å². The van der Waals surface area contributed by atoms with E-state index in [1.807, 2.05) is 4.90 Å². The lowest BCUT2D eigenvalue weighted by Gasteiger charge is -2.30. The third-order valence-corrected chi connectivity index (χ3v) is 4.27. The smallest absolute Gasteiger partial charge is 0.270 e. The number of non-ortho nitro benzene ring substituents is 1. The SMILES string of the molecule is O=C(Nc1ccc(Cl)c(F)c1)c1cc([N+](=O)[O-])ccc1N1CCOCC1. The van der Waals surface area contributed by atoms with Gasteiger partial charge < -0.3 is 15.0 Å². The van der Waals surface area contributed by atoms with Crippen molar-refractivity contribution in [1.29, 1.82) is 0 Å². The lowest BCUT2D eigenvalue weighted by Crippen LogP contribution is -2.37. The molecule has 1 N–H and O–H groups in total. The van der Waals surface area contributed by atoms with Crippen LogP contribution in [-0.2, 0) is 4.74 Å². The van der Waals surface area contributed by atoms with Gasteiger partial charge in [0, 0.05) is 30.9 Å².